The molecule has 0 radical (unpaired) electrons. The van der Waals surface area contributed by atoms with Gasteiger partial charge in [0.2, 0.25) is 24.1 Å². The normalized spacial score (nSPS) is 15.8. The second-order valence-electron chi connectivity index (χ2n) is 16.6. The first-order chi connectivity index (χ1) is 34.2. The number of aliphatic hydroxyl groups is 1. The fourth-order valence-corrected chi connectivity index (χ4v) is 8.21. The highest BCUT2D eigenvalue weighted by atomic mass is 35.5. The van der Waals surface area contributed by atoms with Crippen molar-refractivity contribution in [1.82, 2.24) is 39.7 Å². The molecule has 2 amide bonds. The van der Waals surface area contributed by atoms with E-state index >= 15 is 0 Å². The molecule has 2 atom stereocenters. The number of aryl methyl sites for hydroxylation is 2. The van der Waals surface area contributed by atoms with E-state index in [1.165, 1.54) is 24.5 Å². The summed E-state index contributed by atoms with van der Waals surface area (Å²) in [7, 11) is 2.01. The zero-order valence-corrected chi connectivity index (χ0v) is 39.9. The summed E-state index contributed by atoms with van der Waals surface area (Å²) in [6, 6.07) is 8.13. The molecule has 2 aliphatic rings. The maximum atomic E-state index is 14.7. The summed E-state index contributed by atoms with van der Waals surface area (Å²) in [6.07, 6.45) is -11.9. The van der Waals surface area contributed by atoms with Crippen molar-refractivity contribution in [1.29, 1.82) is 0 Å². The van der Waals surface area contributed by atoms with E-state index in [0.717, 1.165) is 49.5 Å². The number of aromatic nitrogens is 6. The maximum absolute atomic E-state index is 14.7. The Bertz CT molecular complexity index is 2960. The number of rotatable bonds is 15. The Kier molecular flexibility index (Phi) is 15.4. The average molecular weight is 1050 g/mol. The van der Waals surface area contributed by atoms with Crippen LogP contribution in [-0.2, 0) is 9.59 Å². The molecule has 0 spiro atoms. The SMILES string of the molecule is Cc1nc(N2CCN(C)CC2)nc2ncc(NC(=O)C(Oc3ccc(OC(F)(F)F)cc3Cl)C(Oc3ccc(OC(F)(F)F)cc3Cl)C(=O)Nc3cnc4nc(N5CCN(CCO)CC5)nc(C)c4c3)cc12. The van der Waals surface area contributed by atoms with Crippen molar-refractivity contribution >= 4 is 80.4 Å². The molecule has 0 aliphatic carbocycles. The number of fused-ring (bicyclic) bond motifs is 2. The lowest BCUT2D eigenvalue weighted by molar-refractivity contribution is -0.275. The molecule has 6 aromatic rings. The minimum atomic E-state index is -5.10. The van der Waals surface area contributed by atoms with Crippen LogP contribution in [0.25, 0.3) is 22.1 Å². The number of carbonyl (C=O) groups is 2. The van der Waals surface area contributed by atoms with Crippen LogP contribution in [0.15, 0.2) is 60.9 Å². The van der Waals surface area contributed by atoms with Crippen LogP contribution in [0.4, 0.5) is 49.6 Å². The summed E-state index contributed by atoms with van der Waals surface area (Å²) < 4.78 is 99.1. The van der Waals surface area contributed by atoms with Crippen molar-refractivity contribution in [3.63, 3.8) is 0 Å². The van der Waals surface area contributed by atoms with Gasteiger partial charge in [0.25, 0.3) is 11.8 Å². The summed E-state index contributed by atoms with van der Waals surface area (Å²) in [4.78, 5) is 65.2. The number of alkyl halides is 6. The number of ether oxygens (including phenoxy) is 4. The van der Waals surface area contributed by atoms with Gasteiger partial charge in [0, 0.05) is 81.8 Å². The monoisotopic (exact) mass is 1050 g/mol. The van der Waals surface area contributed by atoms with E-state index in [0.29, 0.717) is 85.5 Å². The molecule has 27 heteroatoms. The van der Waals surface area contributed by atoms with Crippen LogP contribution >= 0.6 is 23.2 Å². The Morgan fingerprint density at radius 3 is 1.46 bits per heavy atom. The predicted molar refractivity (Wildman–Crippen MR) is 252 cm³/mol. The van der Waals surface area contributed by atoms with Crippen molar-refractivity contribution in [3.05, 3.63) is 82.4 Å². The molecule has 3 N–H and O–H groups in total. The molecular formula is C45H44Cl2F6N12O7. The van der Waals surface area contributed by atoms with E-state index in [4.69, 9.17) is 32.7 Å². The van der Waals surface area contributed by atoms with E-state index in [1.807, 2.05) is 16.8 Å². The van der Waals surface area contributed by atoms with Gasteiger partial charge in [0.05, 0.1) is 51.8 Å². The van der Waals surface area contributed by atoms with Crippen molar-refractivity contribution in [3.8, 4) is 23.0 Å². The number of amides is 2. The van der Waals surface area contributed by atoms with Crippen LogP contribution in [0.1, 0.15) is 11.4 Å². The first-order valence-electron chi connectivity index (χ1n) is 22.0. The molecule has 2 saturated heterocycles. The number of nitrogens with one attached hydrogen (secondary N) is 2. The van der Waals surface area contributed by atoms with E-state index in [1.54, 1.807) is 13.8 Å². The van der Waals surface area contributed by atoms with Crippen molar-refractivity contribution in [2.75, 3.05) is 93.0 Å². The number of piperazine rings is 2. The van der Waals surface area contributed by atoms with Crippen LogP contribution < -0.4 is 39.4 Å². The van der Waals surface area contributed by atoms with Crippen LogP contribution in [0.5, 0.6) is 23.0 Å². The smallest absolute Gasteiger partial charge is 0.474 e. The first kappa shape index (κ1) is 51.6. The molecule has 8 rings (SSSR count). The number of halogens is 8. The molecule has 6 heterocycles. The summed E-state index contributed by atoms with van der Waals surface area (Å²) in [6.45, 7) is 9.54. The lowest BCUT2D eigenvalue weighted by Crippen LogP contribution is -2.51. The van der Waals surface area contributed by atoms with Gasteiger partial charge >= 0.3 is 12.7 Å². The molecule has 382 valence electrons. The Morgan fingerprint density at radius 2 is 1.07 bits per heavy atom. The Labute approximate surface area is 416 Å². The molecule has 4 aromatic heterocycles. The average Bonchev–Trinajstić information content (AvgIpc) is 3.31. The van der Waals surface area contributed by atoms with Gasteiger partial charge in [-0.1, -0.05) is 23.2 Å². The van der Waals surface area contributed by atoms with Crippen LogP contribution in [-0.4, -0.2) is 154 Å². The molecule has 72 heavy (non-hydrogen) atoms. The van der Waals surface area contributed by atoms with Crippen LogP contribution in [0.3, 0.4) is 0 Å². The molecule has 2 fully saturated rings. The number of benzene rings is 2. The van der Waals surface area contributed by atoms with Crippen LogP contribution in [0.2, 0.25) is 10.0 Å². The zero-order chi connectivity index (χ0) is 51.5. The Hall–Kier alpha value is -6.80. The highest BCUT2D eigenvalue weighted by Gasteiger charge is 2.40. The summed E-state index contributed by atoms with van der Waals surface area (Å²) in [5.74, 6) is -3.71. The van der Waals surface area contributed by atoms with Gasteiger partial charge in [-0.3, -0.25) is 14.5 Å². The van der Waals surface area contributed by atoms with Crippen molar-refractivity contribution < 1.29 is 60.0 Å². The van der Waals surface area contributed by atoms with Gasteiger partial charge in [0.1, 0.15) is 23.0 Å². The lowest BCUT2D eigenvalue weighted by Gasteiger charge is -2.34. The quantitative estimate of drug-likeness (QED) is 0.0949. The minimum absolute atomic E-state index is 0.0353. The third-order valence-electron chi connectivity index (χ3n) is 11.4. The highest BCUT2D eigenvalue weighted by molar-refractivity contribution is 6.32. The third kappa shape index (κ3) is 12.8. The molecule has 2 aromatic carbocycles. The van der Waals surface area contributed by atoms with Crippen molar-refractivity contribution in [2.45, 2.75) is 38.8 Å². The van der Waals surface area contributed by atoms with E-state index in [2.05, 4.69) is 59.8 Å². The summed E-state index contributed by atoms with van der Waals surface area (Å²) >= 11 is 12.8. The topological polar surface area (TPSA) is 206 Å². The van der Waals surface area contributed by atoms with Crippen molar-refractivity contribution in [2.24, 2.45) is 0 Å². The number of hydrogen-bond acceptors (Lipinski definition) is 17. The largest absolute Gasteiger partial charge is 0.573 e. The number of anilines is 4. The first-order valence-corrected chi connectivity index (χ1v) is 22.8. The molecule has 2 unspecified atom stereocenters. The van der Waals surface area contributed by atoms with Gasteiger partial charge in [-0.2, -0.15) is 9.97 Å². The number of likely N-dealkylation sites (N-methyl/N-ethyl adjacent to an activating group) is 1. The number of aliphatic hydroxyl groups excluding tert-OH is 1. The zero-order valence-electron chi connectivity index (χ0n) is 38.4. The Balaban J connectivity index is 1.14. The summed E-state index contributed by atoms with van der Waals surface area (Å²) in [5, 5.41) is 14.5. The number of β-amino-alcohol motifs (C(OH)–C–C–N with tert-alkyl or cyclic N) is 1. The number of pyridine rings is 2. The second kappa shape index (κ2) is 21.5. The fourth-order valence-electron chi connectivity index (χ4n) is 7.78. The highest BCUT2D eigenvalue weighted by Crippen LogP contribution is 2.36. The number of nitrogens with zero attached hydrogens (tertiary/aromatic N) is 10. The van der Waals surface area contributed by atoms with E-state index in [-0.39, 0.29) is 23.6 Å². The van der Waals surface area contributed by atoms with Crippen LogP contribution in [0, 0.1) is 13.8 Å². The minimum Gasteiger partial charge on any atom is -0.474 e. The standard InChI is InChI=1S/C45H44Cl2F6N12O7/c1-24-30-18-26(22-54-38(30)60-42(56-24)64-12-8-62(3)9-13-64)58-40(67)36(69-34-6-4-28(20-32(34)46)71-44(48,49)50)37(70-35-7-5-29(21-33(35)47)72-45(51,52)53)41(68)59-27-19-31-25(2)57-43(61-39(31)55-23-27)65-14-10-63(11-15-65)16-17-66/h4-7,18-23,36-37,66H,8-17H2,1-3H3,(H,58,67)(H,59,68). The molecule has 0 bridgehead atoms. The fraction of sp³-hybridized carbons (Fsp3) is 0.378. The number of carbonyl (C=O) groups excluding carboxylic acids is 2. The summed E-state index contributed by atoms with van der Waals surface area (Å²) in [5.41, 5.74) is 1.68. The molecule has 19 nitrogen and oxygen atoms in total. The van der Waals surface area contributed by atoms with Gasteiger partial charge in [-0.05, 0) is 57.3 Å². The van der Waals surface area contributed by atoms with Gasteiger partial charge in [0.15, 0.2) is 11.3 Å². The lowest BCUT2D eigenvalue weighted by atomic mass is 10.1. The Morgan fingerprint density at radius 1 is 0.653 bits per heavy atom. The second-order valence-corrected chi connectivity index (χ2v) is 17.4. The van der Waals surface area contributed by atoms with Gasteiger partial charge in [-0.15, -0.1) is 26.3 Å². The number of hydrogen-bond donors (Lipinski definition) is 3. The van der Waals surface area contributed by atoms with Gasteiger partial charge < -0.3 is 49.4 Å². The molecule has 2 aliphatic heterocycles. The van der Waals surface area contributed by atoms with E-state index in [9.17, 15) is 41.0 Å². The predicted octanol–water partition coefficient (Wildman–Crippen LogP) is 6.42. The van der Waals surface area contributed by atoms with E-state index < -0.39 is 69.8 Å². The van der Waals surface area contributed by atoms with Gasteiger partial charge in [-0.25, -0.2) is 19.9 Å². The molecular weight excluding hydrogens is 1010 g/mol. The maximum Gasteiger partial charge on any atom is 0.573 e. The third-order valence-corrected chi connectivity index (χ3v) is 12.0. The molecule has 0 saturated carbocycles.